The third kappa shape index (κ3) is 3.95. The van der Waals surface area contributed by atoms with Crippen LogP contribution in [0.4, 0.5) is 0 Å². The number of fused-ring (bicyclic) bond motifs is 1. The molecule has 150 valence electrons. The van der Waals surface area contributed by atoms with E-state index in [9.17, 15) is 4.79 Å². The number of hydrogen-bond donors (Lipinski definition) is 0. The molecule has 0 bridgehead atoms. The first-order valence-electron chi connectivity index (χ1n) is 9.61. The van der Waals surface area contributed by atoms with Gasteiger partial charge < -0.3 is 0 Å². The van der Waals surface area contributed by atoms with E-state index in [2.05, 4.69) is 28.5 Å². The number of aromatic nitrogens is 6. The number of nitriles is 1. The van der Waals surface area contributed by atoms with Crippen molar-refractivity contribution < 1.29 is 0 Å². The van der Waals surface area contributed by atoms with Crippen molar-refractivity contribution in [3.05, 3.63) is 70.3 Å². The molecule has 0 atom stereocenters. The molecule has 0 aliphatic carbocycles. The smallest absolute Gasteiger partial charge is 0.266 e. The van der Waals surface area contributed by atoms with Gasteiger partial charge in [-0.1, -0.05) is 37.2 Å². The summed E-state index contributed by atoms with van der Waals surface area (Å²) in [6, 6.07) is 16.3. The average molecular weight is 417 g/mol. The summed E-state index contributed by atoms with van der Waals surface area (Å²) in [7, 11) is 0. The summed E-state index contributed by atoms with van der Waals surface area (Å²) < 4.78 is 3.37. The Labute approximate surface area is 177 Å². The Morgan fingerprint density at radius 1 is 1.13 bits per heavy atom. The van der Waals surface area contributed by atoms with Crippen LogP contribution in [0.5, 0.6) is 0 Å². The van der Waals surface area contributed by atoms with Gasteiger partial charge in [-0.25, -0.2) is 9.67 Å². The van der Waals surface area contributed by atoms with Gasteiger partial charge in [-0.2, -0.15) is 5.26 Å². The number of nitrogens with zero attached hydrogens (tertiary/aromatic N) is 7. The number of tetrazole rings is 1. The Balaban J connectivity index is 1.75. The van der Waals surface area contributed by atoms with Crippen LogP contribution in [0.2, 0.25) is 0 Å². The second-order valence-corrected chi connectivity index (χ2v) is 7.61. The van der Waals surface area contributed by atoms with Crippen LogP contribution >= 0.6 is 11.8 Å². The summed E-state index contributed by atoms with van der Waals surface area (Å²) >= 11 is 1.41. The number of hydrogen-bond acceptors (Lipinski definition) is 7. The van der Waals surface area contributed by atoms with Crippen molar-refractivity contribution in [2.75, 3.05) is 0 Å². The Kier molecular flexibility index (Phi) is 5.86. The predicted molar refractivity (Wildman–Crippen MR) is 114 cm³/mol. The molecule has 0 fully saturated rings. The summed E-state index contributed by atoms with van der Waals surface area (Å²) in [6.07, 6.45) is 2.05. The standard InChI is InChI=1S/C21H19N7OS/c1-2-3-12-27-19(24-25-26-27)14-30-21-23-18-7-5-4-6-17(18)20(29)28(21)16-10-8-15(13-22)9-11-16/h4-11H,2-3,12,14H2,1H3. The van der Waals surface area contributed by atoms with Gasteiger partial charge in [0.1, 0.15) is 0 Å². The zero-order chi connectivity index (χ0) is 20.9. The third-order valence-corrected chi connectivity index (χ3v) is 5.59. The van der Waals surface area contributed by atoms with E-state index in [1.807, 2.05) is 18.2 Å². The van der Waals surface area contributed by atoms with Gasteiger partial charge in [-0.3, -0.25) is 9.36 Å². The normalized spacial score (nSPS) is 10.9. The van der Waals surface area contributed by atoms with Crippen molar-refractivity contribution in [2.45, 2.75) is 37.2 Å². The molecule has 30 heavy (non-hydrogen) atoms. The van der Waals surface area contributed by atoms with Crippen molar-refractivity contribution >= 4 is 22.7 Å². The zero-order valence-electron chi connectivity index (χ0n) is 16.4. The van der Waals surface area contributed by atoms with Gasteiger partial charge >= 0.3 is 0 Å². The van der Waals surface area contributed by atoms with Gasteiger partial charge in [0.15, 0.2) is 11.0 Å². The van der Waals surface area contributed by atoms with Gasteiger partial charge in [0.2, 0.25) is 0 Å². The Morgan fingerprint density at radius 3 is 2.70 bits per heavy atom. The van der Waals surface area contributed by atoms with Crippen molar-refractivity contribution in [2.24, 2.45) is 0 Å². The highest BCUT2D eigenvalue weighted by Gasteiger charge is 2.15. The molecule has 9 heteroatoms. The van der Waals surface area contributed by atoms with Gasteiger partial charge in [-0.05, 0) is 53.2 Å². The Hall–Kier alpha value is -3.51. The minimum atomic E-state index is -0.154. The van der Waals surface area contributed by atoms with E-state index in [-0.39, 0.29) is 5.56 Å². The van der Waals surface area contributed by atoms with Crippen LogP contribution in [0, 0.1) is 11.3 Å². The first kappa shape index (κ1) is 19.8. The highest BCUT2D eigenvalue weighted by Crippen LogP contribution is 2.24. The minimum Gasteiger partial charge on any atom is -0.268 e. The summed E-state index contributed by atoms with van der Waals surface area (Å²) in [5, 5.41) is 22.1. The maximum atomic E-state index is 13.3. The Morgan fingerprint density at radius 2 is 1.93 bits per heavy atom. The fraction of sp³-hybridized carbons (Fsp3) is 0.238. The van der Waals surface area contributed by atoms with Gasteiger partial charge in [0.05, 0.1) is 34.0 Å². The first-order chi connectivity index (χ1) is 14.7. The summed E-state index contributed by atoms with van der Waals surface area (Å²) in [6.45, 7) is 2.88. The van der Waals surface area contributed by atoms with Crippen LogP contribution in [-0.4, -0.2) is 29.8 Å². The molecule has 8 nitrogen and oxygen atoms in total. The molecule has 0 unspecified atom stereocenters. The number of aryl methyl sites for hydroxylation is 1. The monoisotopic (exact) mass is 417 g/mol. The number of unbranched alkanes of at least 4 members (excludes halogenated alkanes) is 1. The maximum Gasteiger partial charge on any atom is 0.266 e. The van der Waals surface area contributed by atoms with Crippen molar-refractivity contribution in [1.29, 1.82) is 5.26 Å². The number of thioether (sulfide) groups is 1. The van der Waals surface area contributed by atoms with Gasteiger partial charge in [0.25, 0.3) is 5.56 Å². The lowest BCUT2D eigenvalue weighted by molar-refractivity contribution is 0.540. The summed E-state index contributed by atoms with van der Waals surface area (Å²) in [5.41, 5.74) is 1.68. The van der Waals surface area contributed by atoms with E-state index in [1.165, 1.54) is 11.8 Å². The average Bonchev–Trinajstić information content (AvgIpc) is 3.24. The van der Waals surface area contributed by atoms with Gasteiger partial charge in [-0.15, -0.1) is 5.10 Å². The lowest BCUT2D eigenvalue weighted by Gasteiger charge is -2.13. The van der Waals surface area contributed by atoms with Crippen LogP contribution in [-0.2, 0) is 12.3 Å². The van der Waals surface area contributed by atoms with Crippen LogP contribution in [0.3, 0.4) is 0 Å². The molecule has 0 amide bonds. The topological polar surface area (TPSA) is 102 Å². The molecule has 0 aliphatic heterocycles. The fourth-order valence-electron chi connectivity index (χ4n) is 3.06. The molecule has 0 radical (unpaired) electrons. The van der Waals surface area contributed by atoms with E-state index < -0.39 is 0 Å². The lowest BCUT2D eigenvalue weighted by Crippen LogP contribution is -2.21. The minimum absolute atomic E-state index is 0.154. The van der Waals surface area contributed by atoms with Crippen LogP contribution in [0.15, 0.2) is 58.5 Å². The first-order valence-corrected chi connectivity index (χ1v) is 10.6. The second-order valence-electron chi connectivity index (χ2n) is 6.67. The van der Waals surface area contributed by atoms with Crippen molar-refractivity contribution in [3.8, 4) is 11.8 Å². The molecular formula is C21H19N7OS. The zero-order valence-corrected chi connectivity index (χ0v) is 17.2. The molecule has 4 rings (SSSR count). The molecular weight excluding hydrogens is 398 g/mol. The van der Waals surface area contributed by atoms with E-state index in [1.54, 1.807) is 39.6 Å². The molecule has 4 aromatic rings. The fourth-order valence-corrected chi connectivity index (χ4v) is 4.00. The molecule has 2 heterocycles. The van der Waals surface area contributed by atoms with Crippen molar-refractivity contribution in [1.82, 2.24) is 29.8 Å². The lowest BCUT2D eigenvalue weighted by atomic mass is 10.2. The van der Waals surface area contributed by atoms with Crippen LogP contribution < -0.4 is 5.56 Å². The molecule has 2 aromatic carbocycles. The molecule has 0 N–H and O–H groups in total. The number of para-hydroxylation sites is 1. The van der Waals surface area contributed by atoms with E-state index in [0.29, 0.717) is 33.1 Å². The molecule has 2 aromatic heterocycles. The SMILES string of the molecule is CCCCn1nnnc1CSc1nc2ccccc2c(=O)n1-c1ccc(C#N)cc1. The van der Waals surface area contributed by atoms with Crippen LogP contribution in [0.1, 0.15) is 31.2 Å². The summed E-state index contributed by atoms with van der Waals surface area (Å²) in [5.74, 6) is 1.22. The molecule has 0 spiro atoms. The predicted octanol–water partition coefficient (Wildman–Crippen LogP) is 3.34. The summed E-state index contributed by atoms with van der Waals surface area (Å²) in [4.78, 5) is 18.0. The van der Waals surface area contributed by atoms with E-state index in [0.717, 1.165) is 25.2 Å². The number of benzene rings is 2. The highest BCUT2D eigenvalue weighted by atomic mass is 32.2. The highest BCUT2D eigenvalue weighted by molar-refractivity contribution is 7.98. The largest absolute Gasteiger partial charge is 0.268 e. The maximum absolute atomic E-state index is 13.3. The molecule has 0 aliphatic rings. The third-order valence-electron chi connectivity index (χ3n) is 4.66. The second kappa shape index (κ2) is 8.88. The number of rotatable bonds is 7. The Bertz CT molecular complexity index is 1270. The van der Waals surface area contributed by atoms with E-state index in [4.69, 9.17) is 10.2 Å². The van der Waals surface area contributed by atoms with Crippen LogP contribution in [0.25, 0.3) is 16.6 Å². The van der Waals surface area contributed by atoms with E-state index >= 15 is 0 Å². The van der Waals surface area contributed by atoms with Crippen molar-refractivity contribution in [3.63, 3.8) is 0 Å². The molecule has 0 saturated heterocycles. The molecule has 0 saturated carbocycles. The van der Waals surface area contributed by atoms with Gasteiger partial charge in [0, 0.05) is 6.54 Å². The quantitative estimate of drug-likeness (QED) is 0.336.